The fourth-order valence-electron chi connectivity index (χ4n) is 2.71. The molecule has 6 nitrogen and oxygen atoms in total. The smallest absolute Gasteiger partial charge is 0.303 e. The number of hydrogen-bond donors (Lipinski definition) is 3. The number of carboxylic acids is 1. The number of nitrogens with zero attached hydrogens (tertiary/aromatic N) is 1. The minimum atomic E-state index is -0.937. The predicted molar refractivity (Wildman–Crippen MR) is 108 cm³/mol. The fraction of sp³-hybridized carbons (Fsp3) is 0.571. The van der Waals surface area contributed by atoms with Gasteiger partial charge in [-0.3, -0.25) is 4.79 Å². The quantitative estimate of drug-likeness (QED) is 0.315. The molecule has 1 aromatic heterocycles. The zero-order chi connectivity index (χ0) is 19.9. The maximum Gasteiger partial charge on any atom is 0.303 e. The molecule has 0 saturated carbocycles. The van der Waals surface area contributed by atoms with Crippen molar-refractivity contribution in [1.29, 1.82) is 0 Å². The van der Waals surface area contributed by atoms with Gasteiger partial charge in [0, 0.05) is 6.42 Å². The van der Waals surface area contributed by atoms with Crippen molar-refractivity contribution in [3.8, 4) is 0 Å². The lowest BCUT2D eigenvalue weighted by molar-refractivity contribution is -0.137. The van der Waals surface area contributed by atoms with E-state index in [0.717, 1.165) is 19.3 Å². The Bertz CT molecular complexity index is 589. The third kappa shape index (κ3) is 11.2. The van der Waals surface area contributed by atoms with E-state index >= 15 is 0 Å². The summed E-state index contributed by atoms with van der Waals surface area (Å²) in [5, 5.41) is 21.7. The molecule has 0 aliphatic rings. The first-order valence-electron chi connectivity index (χ1n) is 9.82. The summed E-state index contributed by atoms with van der Waals surface area (Å²) in [4.78, 5) is 26.1. The van der Waals surface area contributed by atoms with Crippen LogP contribution in [-0.4, -0.2) is 39.6 Å². The molecule has 1 heterocycles. The van der Waals surface area contributed by atoms with Gasteiger partial charge in [0.2, 0.25) is 0 Å². The van der Waals surface area contributed by atoms with Crippen molar-refractivity contribution in [3.05, 3.63) is 30.0 Å². The molecule has 0 saturated heterocycles. The molecule has 0 bridgehead atoms. The maximum atomic E-state index is 11.1. The van der Waals surface area contributed by atoms with Gasteiger partial charge < -0.3 is 20.3 Å². The van der Waals surface area contributed by atoms with Gasteiger partial charge in [-0.05, 0) is 31.1 Å². The molecule has 2 unspecified atom stereocenters. The normalized spacial score (nSPS) is 13.4. The minimum Gasteiger partial charge on any atom is -0.481 e. The van der Waals surface area contributed by atoms with Crippen molar-refractivity contribution >= 4 is 24.1 Å². The molecule has 2 atom stereocenters. The molecule has 6 heteroatoms. The van der Waals surface area contributed by atoms with Crippen LogP contribution in [-0.2, 0) is 9.59 Å². The number of aromatic nitrogens is 1. The van der Waals surface area contributed by atoms with E-state index in [1.54, 1.807) is 24.3 Å². The highest BCUT2D eigenvalue weighted by Gasteiger charge is 2.10. The minimum absolute atomic E-state index is 0.0827. The number of unbranched alkanes of at least 4 members (excludes halogenated alkanes) is 5. The molecule has 0 aromatic carbocycles. The zero-order valence-corrected chi connectivity index (χ0v) is 16.1. The van der Waals surface area contributed by atoms with Crippen LogP contribution in [0.4, 0.5) is 5.82 Å². The summed E-state index contributed by atoms with van der Waals surface area (Å²) in [5.41, 5.74) is 0.671. The van der Waals surface area contributed by atoms with Crippen LogP contribution in [0.2, 0.25) is 0 Å². The number of pyridine rings is 1. The van der Waals surface area contributed by atoms with E-state index in [0.29, 0.717) is 17.8 Å². The second-order valence-electron chi connectivity index (χ2n) is 6.75. The van der Waals surface area contributed by atoms with Crippen molar-refractivity contribution in [3.63, 3.8) is 0 Å². The Morgan fingerprint density at radius 3 is 2.63 bits per heavy atom. The molecule has 0 radical (unpaired) electrons. The van der Waals surface area contributed by atoms with Crippen LogP contribution in [0.5, 0.6) is 0 Å². The van der Waals surface area contributed by atoms with E-state index < -0.39 is 18.1 Å². The number of carboxylic acid groups (broad SMARTS) is 1. The molecule has 0 aliphatic heterocycles. The Hall–Kier alpha value is -2.21. The molecule has 3 N–H and O–H groups in total. The number of aliphatic hydroxyl groups is 1. The Morgan fingerprint density at radius 1 is 1.19 bits per heavy atom. The second kappa shape index (κ2) is 13.9. The topological polar surface area (TPSA) is 99.5 Å². The first kappa shape index (κ1) is 22.8. The fourth-order valence-corrected chi connectivity index (χ4v) is 2.71. The number of aldehydes is 1. The highest BCUT2D eigenvalue weighted by molar-refractivity contribution is 5.69. The van der Waals surface area contributed by atoms with Gasteiger partial charge in [-0.25, -0.2) is 4.98 Å². The number of nitrogens with one attached hydrogen (secondary N) is 1. The lowest BCUT2D eigenvalue weighted by Gasteiger charge is -2.12. The predicted octanol–water partition coefficient (Wildman–Crippen LogP) is 4.05. The van der Waals surface area contributed by atoms with Gasteiger partial charge in [-0.1, -0.05) is 57.6 Å². The number of anilines is 1. The molecular weight excluding hydrogens is 344 g/mol. The third-order valence-electron chi connectivity index (χ3n) is 4.28. The van der Waals surface area contributed by atoms with Crippen LogP contribution < -0.4 is 5.32 Å². The van der Waals surface area contributed by atoms with Crippen molar-refractivity contribution < 1.29 is 19.8 Å². The molecular formula is C21H32N2O4. The highest BCUT2D eigenvalue weighted by Crippen LogP contribution is 2.12. The van der Waals surface area contributed by atoms with Crippen molar-refractivity contribution in [1.82, 2.24) is 4.98 Å². The van der Waals surface area contributed by atoms with Gasteiger partial charge in [0.1, 0.15) is 12.1 Å². The number of aliphatic carboxylic acids is 1. The van der Waals surface area contributed by atoms with E-state index in [1.807, 2.05) is 6.07 Å². The number of rotatable bonds is 15. The van der Waals surface area contributed by atoms with E-state index in [-0.39, 0.29) is 12.8 Å². The average Bonchev–Trinajstić information content (AvgIpc) is 2.66. The van der Waals surface area contributed by atoms with E-state index in [1.165, 1.54) is 25.7 Å². The maximum absolute atomic E-state index is 11.1. The van der Waals surface area contributed by atoms with Gasteiger partial charge in [-0.2, -0.15) is 0 Å². The Balaban J connectivity index is 2.44. The molecule has 0 amide bonds. The standard InChI is InChI=1S/C21H32N2O4/c1-2-3-4-5-6-7-10-19(25)14-12-17-9-8-11-20(22-17)23-18(16-24)13-15-21(26)27/h8-9,11-12,14,16,18-19,25H,2-7,10,13,15H2,1H3,(H,22,23)(H,26,27). The molecule has 1 rings (SSSR count). The Kier molecular flexibility index (Phi) is 11.8. The number of aliphatic hydroxyl groups excluding tert-OH is 1. The Morgan fingerprint density at radius 2 is 1.93 bits per heavy atom. The largest absolute Gasteiger partial charge is 0.481 e. The van der Waals surface area contributed by atoms with Gasteiger partial charge in [0.05, 0.1) is 17.8 Å². The number of carbonyl (C=O) groups is 2. The zero-order valence-electron chi connectivity index (χ0n) is 16.1. The first-order valence-corrected chi connectivity index (χ1v) is 9.82. The number of hydrogen-bond acceptors (Lipinski definition) is 5. The molecule has 0 spiro atoms. The molecule has 150 valence electrons. The van der Waals surface area contributed by atoms with Crippen LogP contribution in [0, 0.1) is 0 Å². The molecule has 27 heavy (non-hydrogen) atoms. The monoisotopic (exact) mass is 376 g/mol. The average molecular weight is 376 g/mol. The Labute approximate surface area is 161 Å². The van der Waals surface area contributed by atoms with Crippen LogP contribution in [0.1, 0.15) is 70.4 Å². The van der Waals surface area contributed by atoms with Crippen molar-refractivity contribution in [2.24, 2.45) is 0 Å². The van der Waals surface area contributed by atoms with Gasteiger partial charge >= 0.3 is 5.97 Å². The van der Waals surface area contributed by atoms with Gasteiger partial charge in [0.15, 0.2) is 0 Å². The van der Waals surface area contributed by atoms with Crippen molar-refractivity contribution in [2.45, 2.75) is 76.9 Å². The third-order valence-corrected chi connectivity index (χ3v) is 4.28. The van der Waals surface area contributed by atoms with E-state index in [2.05, 4.69) is 17.2 Å². The van der Waals surface area contributed by atoms with Gasteiger partial charge in [-0.15, -0.1) is 0 Å². The summed E-state index contributed by atoms with van der Waals surface area (Å²) >= 11 is 0. The van der Waals surface area contributed by atoms with Crippen LogP contribution >= 0.6 is 0 Å². The van der Waals surface area contributed by atoms with E-state index in [4.69, 9.17) is 5.11 Å². The summed E-state index contributed by atoms with van der Waals surface area (Å²) in [7, 11) is 0. The summed E-state index contributed by atoms with van der Waals surface area (Å²) in [5.74, 6) is -0.433. The van der Waals surface area contributed by atoms with Crippen LogP contribution in [0.3, 0.4) is 0 Å². The SMILES string of the molecule is CCCCCCCCC(O)C=Cc1cccc(NC(C=O)CCC(=O)O)n1. The summed E-state index contributed by atoms with van der Waals surface area (Å²) in [6.45, 7) is 2.20. The van der Waals surface area contributed by atoms with Crippen LogP contribution in [0.25, 0.3) is 6.08 Å². The highest BCUT2D eigenvalue weighted by atomic mass is 16.4. The van der Waals surface area contributed by atoms with E-state index in [9.17, 15) is 14.7 Å². The van der Waals surface area contributed by atoms with Crippen molar-refractivity contribution in [2.75, 3.05) is 5.32 Å². The lowest BCUT2D eigenvalue weighted by atomic mass is 10.1. The molecule has 0 aliphatic carbocycles. The summed E-state index contributed by atoms with van der Waals surface area (Å²) in [6.07, 6.45) is 11.7. The van der Waals surface area contributed by atoms with Gasteiger partial charge in [0.25, 0.3) is 0 Å². The van der Waals surface area contributed by atoms with Crippen LogP contribution in [0.15, 0.2) is 24.3 Å². The number of carbonyl (C=O) groups excluding carboxylic acids is 1. The second-order valence-corrected chi connectivity index (χ2v) is 6.75. The summed E-state index contributed by atoms with van der Waals surface area (Å²) in [6, 6.07) is 4.74. The molecule has 1 aromatic rings. The lowest BCUT2D eigenvalue weighted by Crippen LogP contribution is -2.22. The first-order chi connectivity index (χ1) is 13.0. The molecule has 0 fully saturated rings. The summed E-state index contributed by atoms with van der Waals surface area (Å²) < 4.78 is 0.